The molecule has 172 valence electrons. The van der Waals surface area contributed by atoms with E-state index in [4.69, 9.17) is 23.2 Å². The molecule has 0 atom stereocenters. The maximum atomic E-state index is 12.4. The van der Waals surface area contributed by atoms with Crippen LogP contribution in [0.4, 0.5) is 0 Å². The molecule has 2 amide bonds. The Labute approximate surface area is 215 Å². The van der Waals surface area contributed by atoms with E-state index in [0.717, 1.165) is 11.1 Å². The zero-order valence-electron chi connectivity index (χ0n) is 17.8. The predicted octanol–water partition coefficient (Wildman–Crippen LogP) is 5.25. The Hall–Kier alpha value is -2.52. The van der Waals surface area contributed by atoms with Crippen LogP contribution in [0.5, 0.6) is 0 Å². The highest BCUT2D eigenvalue weighted by molar-refractivity contribution is 8.18. The number of hydrogen-bond donors (Lipinski definition) is 0. The van der Waals surface area contributed by atoms with Crippen LogP contribution in [0.2, 0.25) is 10.0 Å². The number of amides is 2. The lowest BCUT2D eigenvalue weighted by Gasteiger charge is -2.35. The van der Waals surface area contributed by atoms with Gasteiger partial charge in [0.25, 0.3) is 11.8 Å². The summed E-state index contributed by atoms with van der Waals surface area (Å²) >= 11 is 15.2. The molecule has 0 saturated carbocycles. The van der Waals surface area contributed by atoms with E-state index in [-0.39, 0.29) is 11.8 Å². The monoisotopic (exact) mass is 528 g/mol. The van der Waals surface area contributed by atoms with Gasteiger partial charge in [0, 0.05) is 36.2 Å². The number of nitrogens with zero attached hydrogens (tertiary/aromatic N) is 4. The van der Waals surface area contributed by atoms with Crippen molar-refractivity contribution in [1.29, 1.82) is 0 Å². The molecule has 0 spiro atoms. The first-order chi connectivity index (χ1) is 16.5. The fraction of sp³-hybridized carbons (Fsp3) is 0.167. The van der Waals surface area contributed by atoms with Crippen molar-refractivity contribution in [2.75, 3.05) is 26.2 Å². The molecular formula is C24H18Cl2N4O2S2. The third kappa shape index (κ3) is 4.95. The first kappa shape index (κ1) is 23.2. The first-order valence-electron chi connectivity index (χ1n) is 10.5. The summed E-state index contributed by atoms with van der Waals surface area (Å²) in [5.41, 5.74) is 1.59. The second kappa shape index (κ2) is 10.00. The largest absolute Gasteiger partial charge is 0.347 e. The summed E-state index contributed by atoms with van der Waals surface area (Å²) in [6, 6.07) is 14.8. The minimum atomic E-state index is -0.252. The average Bonchev–Trinajstić information content (AvgIpc) is 3.39. The molecule has 3 heterocycles. The fourth-order valence-corrected chi connectivity index (χ4v) is 5.91. The van der Waals surface area contributed by atoms with Crippen LogP contribution in [-0.4, -0.2) is 58.1 Å². The molecular weight excluding hydrogens is 511 g/mol. The van der Waals surface area contributed by atoms with Gasteiger partial charge in [0.1, 0.15) is 0 Å². The molecule has 2 aromatic carbocycles. The number of thioether (sulfide) groups is 2. The van der Waals surface area contributed by atoms with Crippen LogP contribution in [0.25, 0.3) is 12.2 Å². The van der Waals surface area contributed by atoms with Crippen molar-refractivity contribution in [3.05, 3.63) is 79.5 Å². The second-order valence-corrected chi connectivity index (χ2v) is 10.5. The van der Waals surface area contributed by atoms with E-state index < -0.39 is 0 Å². The summed E-state index contributed by atoms with van der Waals surface area (Å²) in [6.45, 7) is 2.71. The highest BCUT2D eigenvalue weighted by Crippen LogP contribution is 2.34. The van der Waals surface area contributed by atoms with Crippen LogP contribution in [0.3, 0.4) is 0 Å². The molecule has 10 heteroatoms. The molecule has 0 radical (unpaired) electrons. The van der Waals surface area contributed by atoms with E-state index in [0.29, 0.717) is 56.4 Å². The molecule has 0 N–H and O–H groups in total. The molecule has 0 aromatic heterocycles. The maximum Gasteiger partial charge on any atom is 0.286 e. The van der Waals surface area contributed by atoms with Crippen molar-refractivity contribution in [2.24, 2.45) is 9.98 Å². The van der Waals surface area contributed by atoms with Gasteiger partial charge in [-0.15, -0.1) is 0 Å². The Balaban J connectivity index is 1.20. The van der Waals surface area contributed by atoms with Gasteiger partial charge >= 0.3 is 0 Å². The smallest absolute Gasteiger partial charge is 0.286 e. The van der Waals surface area contributed by atoms with Crippen molar-refractivity contribution in [1.82, 2.24) is 9.80 Å². The third-order valence-corrected chi connectivity index (χ3v) is 8.20. The summed E-state index contributed by atoms with van der Waals surface area (Å²) in [4.78, 5) is 38.7. The molecule has 0 unspecified atom stereocenters. The minimum Gasteiger partial charge on any atom is -0.347 e. The predicted molar refractivity (Wildman–Crippen MR) is 142 cm³/mol. The first-order valence-corrected chi connectivity index (χ1v) is 12.9. The molecule has 0 aliphatic carbocycles. The molecule has 1 fully saturated rings. The number of benzene rings is 2. The highest BCUT2D eigenvalue weighted by Gasteiger charge is 2.32. The van der Waals surface area contributed by atoms with Crippen molar-refractivity contribution in [3.8, 4) is 0 Å². The maximum absolute atomic E-state index is 12.4. The normalized spacial score (nSPS) is 21.0. The van der Waals surface area contributed by atoms with Crippen molar-refractivity contribution in [3.63, 3.8) is 0 Å². The van der Waals surface area contributed by atoms with Crippen LogP contribution < -0.4 is 0 Å². The number of amidine groups is 2. The van der Waals surface area contributed by atoms with Crippen LogP contribution >= 0.6 is 46.7 Å². The van der Waals surface area contributed by atoms with Gasteiger partial charge < -0.3 is 9.80 Å². The molecule has 6 nitrogen and oxygen atoms in total. The molecule has 3 aliphatic rings. The Kier molecular flexibility index (Phi) is 6.83. The lowest BCUT2D eigenvalue weighted by molar-refractivity contribution is -0.114. The zero-order chi connectivity index (χ0) is 23.7. The summed E-state index contributed by atoms with van der Waals surface area (Å²) in [5.74, 6) is -0.504. The Morgan fingerprint density at radius 1 is 0.676 bits per heavy atom. The van der Waals surface area contributed by atoms with E-state index in [1.807, 2.05) is 36.4 Å². The number of aliphatic imine (C=N–C) groups is 2. The molecule has 2 aromatic rings. The number of carbonyl (C=O) groups excluding carboxylic acids is 2. The number of rotatable bonds is 2. The van der Waals surface area contributed by atoms with Crippen LogP contribution in [0.1, 0.15) is 11.1 Å². The average molecular weight is 529 g/mol. The lowest BCUT2D eigenvalue weighted by atomic mass is 10.2. The van der Waals surface area contributed by atoms with Gasteiger partial charge in [-0.2, -0.15) is 9.98 Å². The Bertz CT molecular complexity index is 1200. The number of hydrogen-bond acceptors (Lipinski definition) is 6. The Morgan fingerprint density at radius 3 is 1.44 bits per heavy atom. The fourth-order valence-electron chi connectivity index (χ4n) is 3.62. The van der Waals surface area contributed by atoms with E-state index in [1.165, 1.54) is 23.5 Å². The van der Waals surface area contributed by atoms with Gasteiger partial charge in [-0.05, 0) is 58.9 Å². The number of halogens is 2. The van der Waals surface area contributed by atoms with Gasteiger partial charge in [-0.25, -0.2) is 0 Å². The lowest BCUT2D eigenvalue weighted by Crippen LogP contribution is -2.49. The minimum absolute atomic E-state index is 0.252. The van der Waals surface area contributed by atoms with Crippen molar-refractivity contribution in [2.45, 2.75) is 0 Å². The highest BCUT2D eigenvalue weighted by atomic mass is 35.5. The second-order valence-electron chi connectivity index (χ2n) is 7.64. The van der Waals surface area contributed by atoms with Gasteiger partial charge in [-0.1, -0.05) is 59.6 Å². The van der Waals surface area contributed by atoms with Crippen molar-refractivity contribution < 1.29 is 9.59 Å². The number of piperazine rings is 1. The quantitative estimate of drug-likeness (QED) is 0.495. The van der Waals surface area contributed by atoms with E-state index in [1.54, 1.807) is 24.3 Å². The number of carbonyl (C=O) groups is 2. The molecule has 0 bridgehead atoms. The third-order valence-electron chi connectivity index (χ3n) is 5.42. The van der Waals surface area contributed by atoms with Crippen LogP contribution in [-0.2, 0) is 9.59 Å². The summed E-state index contributed by atoms with van der Waals surface area (Å²) in [7, 11) is 0. The SMILES string of the molecule is O=C1N=C(N2CCN(C3=NC(=O)/C(=C/c4ccccc4Cl)S3)CC2)S/C1=C\c1ccccc1Cl. The van der Waals surface area contributed by atoms with Crippen LogP contribution in [0, 0.1) is 0 Å². The molecule has 34 heavy (non-hydrogen) atoms. The molecule has 1 saturated heterocycles. The summed E-state index contributed by atoms with van der Waals surface area (Å²) in [5, 5.41) is 2.58. The van der Waals surface area contributed by atoms with E-state index in [9.17, 15) is 9.59 Å². The topological polar surface area (TPSA) is 65.3 Å². The van der Waals surface area contributed by atoms with Gasteiger partial charge in [0.15, 0.2) is 10.3 Å². The van der Waals surface area contributed by atoms with Gasteiger partial charge in [0.05, 0.1) is 9.81 Å². The summed E-state index contributed by atoms with van der Waals surface area (Å²) < 4.78 is 0. The molecule has 3 aliphatic heterocycles. The van der Waals surface area contributed by atoms with Crippen molar-refractivity contribution >= 4 is 81.0 Å². The van der Waals surface area contributed by atoms with E-state index in [2.05, 4.69) is 19.8 Å². The zero-order valence-corrected chi connectivity index (χ0v) is 20.9. The van der Waals surface area contributed by atoms with Crippen LogP contribution in [0.15, 0.2) is 68.3 Å². The standard InChI is InChI=1S/C24H18Cl2N4O2S2/c25-17-7-3-1-5-15(17)13-19-21(31)27-23(33-19)29-9-11-30(12-10-29)24-28-22(32)20(34-24)14-16-6-2-4-8-18(16)26/h1-8,13-14H,9-12H2/b19-13-,20-14-. The van der Waals surface area contributed by atoms with Gasteiger partial charge in [0.2, 0.25) is 0 Å². The summed E-state index contributed by atoms with van der Waals surface area (Å²) in [6.07, 6.45) is 3.56. The van der Waals surface area contributed by atoms with E-state index >= 15 is 0 Å². The Morgan fingerprint density at radius 2 is 1.06 bits per heavy atom. The van der Waals surface area contributed by atoms with Gasteiger partial charge in [-0.3, -0.25) is 9.59 Å². The molecule has 5 rings (SSSR count).